The number of aromatic nitrogens is 1. The minimum Gasteiger partial charge on any atom is -0.444 e. The van der Waals surface area contributed by atoms with Crippen LogP contribution in [-0.4, -0.2) is 29.0 Å². The van der Waals surface area contributed by atoms with E-state index in [-0.39, 0.29) is 5.41 Å². The number of carbonyl (C=O) groups excluding carboxylic acids is 1. The van der Waals surface area contributed by atoms with Crippen molar-refractivity contribution in [1.29, 1.82) is 0 Å². The Balaban J connectivity index is 2.01. The average molecular weight is 343 g/mol. The molecule has 6 heteroatoms. The Morgan fingerprint density at radius 1 is 1.50 bits per heavy atom. The normalized spacial score (nSPS) is 16.2. The number of carbonyl (C=O) groups is 1. The van der Waals surface area contributed by atoms with Gasteiger partial charge in [-0.1, -0.05) is 18.5 Å². The summed E-state index contributed by atoms with van der Waals surface area (Å²) in [6, 6.07) is 1.96. The number of ether oxygens (including phenoxy) is 1. The number of halogens is 1. The van der Waals surface area contributed by atoms with Gasteiger partial charge in [0, 0.05) is 23.1 Å². The first-order chi connectivity index (χ1) is 10.3. The molecule has 1 aliphatic carbocycles. The number of hydrogen-bond acceptors (Lipinski definition) is 4. The molecule has 0 aliphatic heterocycles. The summed E-state index contributed by atoms with van der Waals surface area (Å²) in [5, 5.41) is 3.52. The highest BCUT2D eigenvalue weighted by molar-refractivity contribution is 7.99. The number of alkyl carbamates (subject to hydrolysis) is 1. The van der Waals surface area contributed by atoms with Crippen LogP contribution in [0.2, 0.25) is 5.02 Å². The molecule has 0 aromatic carbocycles. The molecule has 0 spiro atoms. The van der Waals surface area contributed by atoms with Crippen LogP contribution in [0.1, 0.15) is 46.2 Å². The van der Waals surface area contributed by atoms with Crippen molar-refractivity contribution >= 4 is 29.5 Å². The first kappa shape index (κ1) is 17.4. The maximum Gasteiger partial charge on any atom is 0.407 e. The Morgan fingerprint density at radius 3 is 2.68 bits per heavy atom. The summed E-state index contributed by atoms with van der Waals surface area (Å²) in [7, 11) is 0. The van der Waals surface area contributed by atoms with Crippen molar-refractivity contribution in [3.05, 3.63) is 23.0 Å². The van der Waals surface area contributed by atoms with Crippen molar-refractivity contribution in [2.45, 2.75) is 56.4 Å². The van der Waals surface area contributed by atoms with Gasteiger partial charge in [0.25, 0.3) is 0 Å². The fourth-order valence-electron chi connectivity index (χ4n) is 2.26. The third-order valence-corrected chi connectivity index (χ3v) is 4.59. The van der Waals surface area contributed by atoms with Gasteiger partial charge in [0.2, 0.25) is 0 Å². The maximum atomic E-state index is 11.8. The SMILES string of the molecule is CCSc1cnc(C2(CNC(=O)OC(C)(C)C)CC2)c(Cl)c1. The molecule has 1 aliphatic rings. The first-order valence-electron chi connectivity index (χ1n) is 7.51. The summed E-state index contributed by atoms with van der Waals surface area (Å²) >= 11 is 8.11. The molecule has 0 saturated heterocycles. The molecule has 1 saturated carbocycles. The Morgan fingerprint density at radius 2 is 2.18 bits per heavy atom. The Hall–Kier alpha value is -0.940. The summed E-state index contributed by atoms with van der Waals surface area (Å²) < 4.78 is 5.27. The van der Waals surface area contributed by atoms with Gasteiger partial charge in [-0.05, 0) is 45.4 Å². The van der Waals surface area contributed by atoms with E-state index in [1.54, 1.807) is 11.8 Å². The van der Waals surface area contributed by atoms with Crippen LogP contribution >= 0.6 is 23.4 Å². The molecule has 2 rings (SSSR count). The van der Waals surface area contributed by atoms with Gasteiger partial charge in [-0.15, -0.1) is 11.8 Å². The average Bonchev–Trinajstić information content (AvgIpc) is 3.16. The van der Waals surface area contributed by atoms with Crippen LogP contribution in [0, 0.1) is 0 Å². The molecular weight excluding hydrogens is 320 g/mol. The van der Waals surface area contributed by atoms with E-state index in [4.69, 9.17) is 16.3 Å². The quantitative estimate of drug-likeness (QED) is 0.805. The molecule has 1 amide bonds. The summed E-state index contributed by atoms with van der Waals surface area (Å²) in [6.07, 6.45) is 3.43. The molecule has 122 valence electrons. The lowest BCUT2D eigenvalue weighted by Crippen LogP contribution is -2.37. The molecule has 1 heterocycles. The fourth-order valence-corrected chi connectivity index (χ4v) is 3.35. The highest BCUT2D eigenvalue weighted by Gasteiger charge is 2.47. The lowest BCUT2D eigenvalue weighted by Gasteiger charge is -2.22. The van der Waals surface area contributed by atoms with Crippen LogP contribution in [0.15, 0.2) is 17.2 Å². The predicted molar refractivity (Wildman–Crippen MR) is 90.8 cm³/mol. The number of nitrogens with zero attached hydrogens (tertiary/aromatic N) is 1. The highest BCUT2D eigenvalue weighted by atomic mass is 35.5. The standard InChI is InChI=1S/C16H23ClN2O2S/c1-5-22-11-8-12(17)13(18-9-11)16(6-7-16)10-19-14(20)21-15(2,3)4/h8-9H,5-7,10H2,1-4H3,(H,19,20). The Bertz CT molecular complexity index is 554. The van der Waals surface area contributed by atoms with Gasteiger partial charge in [0.15, 0.2) is 0 Å². The maximum absolute atomic E-state index is 11.8. The second kappa shape index (κ2) is 6.67. The zero-order chi connectivity index (χ0) is 16.4. The topological polar surface area (TPSA) is 51.2 Å². The molecule has 1 aromatic heterocycles. The number of thioether (sulfide) groups is 1. The summed E-state index contributed by atoms with van der Waals surface area (Å²) in [5.41, 5.74) is 0.254. The second-order valence-corrected chi connectivity index (χ2v) is 8.31. The Kier molecular flexibility index (Phi) is 5.28. The molecule has 1 aromatic rings. The molecule has 4 nitrogen and oxygen atoms in total. The molecule has 0 atom stereocenters. The lowest BCUT2D eigenvalue weighted by atomic mass is 10.0. The van der Waals surface area contributed by atoms with Crippen molar-refractivity contribution < 1.29 is 9.53 Å². The van der Waals surface area contributed by atoms with Crippen LogP contribution in [0.3, 0.4) is 0 Å². The first-order valence-corrected chi connectivity index (χ1v) is 8.88. The minimum atomic E-state index is -0.490. The van der Waals surface area contributed by atoms with Crippen molar-refractivity contribution in [2.24, 2.45) is 0 Å². The minimum absolute atomic E-state index is 0.136. The lowest BCUT2D eigenvalue weighted by molar-refractivity contribution is 0.0522. The van der Waals surface area contributed by atoms with E-state index < -0.39 is 11.7 Å². The molecule has 1 N–H and O–H groups in total. The monoisotopic (exact) mass is 342 g/mol. The van der Waals surface area contributed by atoms with Gasteiger partial charge in [-0.25, -0.2) is 4.79 Å². The van der Waals surface area contributed by atoms with Gasteiger partial charge in [0.1, 0.15) is 5.60 Å². The van der Waals surface area contributed by atoms with Crippen LogP contribution in [0.4, 0.5) is 4.79 Å². The van der Waals surface area contributed by atoms with Crippen molar-refractivity contribution in [3.63, 3.8) is 0 Å². The van der Waals surface area contributed by atoms with Crippen molar-refractivity contribution in [3.8, 4) is 0 Å². The third-order valence-electron chi connectivity index (χ3n) is 3.45. The van der Waals surface area contributed by atoms with Gasteiger partial charge >= 0.3 is 6.09 Å². The smallest absolute Gasteiger partial charge is 0.407 e. The number of hydrogen-bond donors (Lipinski definition) is 1. The van der Waals surface area contributed by atoms with E-state index in [1.807, 2.05) is 33.0 Å². The van der Waals surface area contributed by atoms with Crippen molar-refractivity contribution in [2.75, 3.05) is 12.3 Å². The van der Waals surface area contributed by atoms with Crippen LogP contribution in [-0.2, 0) is 10.2 Å². The van der Waals surface area contributed by atoms with Crippen LogP contribution < -0.4 is 5.32 Å². The summed E-state index contributed by atoms with van der Waals surface area (Å²) in [6.45, 7) is 8.15. The van der Waals surface area contributed by atoms with Gasteiger partial charge in [-0.2, -0.15) is 0 Å². The van der Waals surface area contributed by atoms with Crippen LogP contribution in [0.5, 0.6) is 0 Å². The van der Waals surface area contributed by atoms with Gasteiger partial charge < -0.3 is 10.1 Å². The van der Waals surface area contributed by atoms with E-state index in [1.165, 1.54) is 0 Å². The number of amides is 1. The van der Waals surface area contributed by atoms with Gasteiger partial charge in [0.05, 0.1) is 10.7 Å². The zero-order valence-electron chi connectivity index (χ0n) is 13.5. The molecule has 0 unspecified atom stereocenters. The molecule has 0 bridgehead atoms. The largest absolute Gasteiger partial charge is 0.444 e. The molecule has 0 radical (unpaired) electrons. The fraction of sp³-hybridized carbons (Fsp3) is 0.625. The predicted octanol–water partition coefficient (Wildman–Crippen LogP) is 4.40. The van der Waals surface area contributed by atoms with E-state index in [2.05, 4.69) is 17.2 Å². The second-order valence-electron chi connectivity index (χ2n) is 6.57. The van der Waals surface area contributed by atoms with Gasteiger partial charge in [-0.3, -0.25) is 4.98 Å². The molecule has 1 fully saturated rings. The van der Waals surface area contributed by atoms with E-state index in [0.29, 0.717) is 11.6 Å². The van der Waals surface area contributed by atoms with Crippen molar-refractivity contribution in [1.82, 2.24) is 10.3 Å². The Labute approximate surface area is 141 Å². The van der Waals surface area contributed by atoms with Crippen LogP contribution in [0.25, 0.3) is 0 Å². The molecule has 22 heavy (non-hydrogen) atoms. The third kappa shape index (κ3) is 4.53. The number of nitrogens with one attached hydrogen (secondary N) is 1. The van der Waals surface area contributed by atoms with E-state index >= 15 is 0 Å². The number of pyridine rings is 1. The highest BCUT2D eigenvalue weighted by Crippen LogP contribution is 2.49. The zero-order valence-corrected chi connectivity index (χ0v) is 15.1. The summed E-state index contributed by atoms with van der Waals surface area (Å²) in [4.78, 5) is 17.4. The molecular formula is C16H23ClN2O2S. The summed E-state index contributed by atoms with van der Waals surface area (Å²) in [5.74, 6) is 0.989. The number of rotatable bonds is 5. The van der Waals surface area contributed by atoms with E-state index in [0.717, 1.165) is 29.2 Å². The van der Waals surface area contributed by atoms with E-state index in [9.17, 15) is 4.79 Å².